The van der Waals surface area contributed by atoms with Gasteiger partial charge in [0.1, 0.15) is 0 Å². The number of pyridine rings is 1. The van der Waals surface area contributed by atoms with E-state index in [4.69, 9.17) is 9.52 Å². The van der Waals surface area contributed by atoms with Crippen LogP contribution in [0.1, 0.15) is 16.1 Å². The maximum absolute atomic E-state index is 12.2. The van der Waals surface area contributed by atoms with E-state index in [0.29, 0.717) is 5.56 Å². The molecule has 1 N–H and O–H groups in total. The van der Waals surface area contributed by atoms with Crippen LogP contribution in [0.15, 0.2) is 46.2 Å². The maximum atomic E-state index is 12.2. The van der Waals surface area contributed by atoms with E-state index in [2.05, 4.69) is 4.98 Å². The van der Waals surface area contributed by atoms with Gasteiger partial charge in [-0.05, 0) is 23.8 Å². The predicted molar refractivity (Wildman–Crippen MR) is 68.6 cm³/mol. The normalized spacial score (nSPS) is 11.7. The minimum Gasteiger partial charge on any atom is -0.475 e. The molecule has 0 amide bonds. The molecule has 2 rings (SSSR count). The van der Waals surface area contributed by atoms with Crippen LogP contribution in [0.2, 0.25) is 0 Å². The second-order valence-corrected chi connectivity index (χ2v) is 6.02. The van der Waals surface area contributed by atoms with E-state index in [1.54, 1.807) is 24.5 Å². The Labute approximate surface area is 115 Å². The van der Waals surface area contributed by atoms with Crippen LogP contribution in [0.25, 0.3) is 0 Å². The van der Waals surface area contributed by atoms with Crippen LogP contribution in [0.5, 0.6) is 0 Å². The number of rotatable bonds is 5. The fraction of sp³-hybridized carbons (Fsp3) is 0.167. The van der Waals surface area contributed by atoms with Crippen LogP contribution in [-0.2, 0) is 16.6 Å². The lowest BCUT2D eigenvalue weighted by Crippen LogP contribution is -2.26. The molecule has 0 aliphatic heterocycles. The van der Waals surface area contributed by atoms with Crippen LogP contribution < -0.4 is 0 Å². The summed E-state index contributed by atoms with van der Waals surface area (Å²) in [5.41, 5.74) is 0.712. The molecule has 0 saturated carbocycles. The second-order valence-electron chi connectivity index (χ2n) is 4.05. The minimum absolute atomic E-state index is 0.110. The summed E-state index contributed by atoms with van der Waals surface area (Å²) in [5, 5.41) is 8.33. The molecule has 0 aliphatic carbocycles. The number of aromatic carboxylic acids is 1. The standard InChI is InChI=1S/C12H12N2O5S/c1-14(8-9-3-2-6-13-7-9)20(17,18)11-5-4-10(19-11)12(15)16/h2-7H,8H2,1H3,(H,15,16). The van der Waals surface area contributed by atoms with Gasteiger partial charge in [-0.25, -0.2) is 13.2 Å². The van der Waals surface area contributed by atoms with Crippen LogP contribution in [0.3, 0.4) is 0 Å². The van der Waals surface area contributed by atoms with Gasteiger partial charge >= 0.3 is 5.97 Å². The Kier molecular flexibility index (Phi) is 3.86. The van der Waals surface area contributed by atoms with Crippen molar-refractivity contribution in [2.45, 2.75) is 11.6 Å². The van der Waals surface area contributed by atoms with Gasteiger partial charge in [-0.15, -0.1) is 0 Å². The van der Waals surface area contributed by atoms with Gasteiger partial charge in [0.05, 0.1) is 0 Å². The first-order valence-corrected chi connectivity index (χ1v) is 7.03. The summed E-state index contributed by atoms with van der Waals surface area (Å²) >= 11 is 0. The molecule has 106 valence electrons. The lowest BCUT2D eigenvalue weighted by Gasteiger charge is -2.15. The number of carboxylic acids is 1. The van der Waals surface area contributed by atoms with Crippen LogP contribution >= 0.6 is 0 Å². The molecule has 0 aromatic carbocycles. The molecule has 2 aromatic heterocycles. The monoisotopic (exact) mass is 296 g/mol. The topological polar surface area (TPSA) is 101 Å². The predicted octanol–water partition coefficient (Wildman–Crippen LogP) is 1.19. The minimum atomic E-state index is -3.87. The largest absolute Gasteiger partial charge is 0.475 e. The Hall–Kier alpha value is -2.19. The van der Waals surface area contributed by atoms with Gasteiger partial charge in [0.15, 0.2) is 0 Å². The number of carboxylic acid groups (broad SMARTS) is 1. The van der Waals surface area contributed by atoms with Crippen molar-refractivity contribution in [3.05, 3.63) is 48.0 Å². The molecule has 2 heterocycles. The third-order valence-electron chi connectivity index (χ3n) is 2.58. The van der Waals surface area contributed by atoms with Crippen molar-refractivity contribution in [2.75, 3.05) is 7.05 Å². The fourth-order valence-corrected chi connectivity index (χ4v) is 2.62. The van der Waals surface area contributed by atoms with Crippen molar-refractivity contribution < 1.29 is 22.7 Å². The van der Waals surface area contributed by atoms with Crippen LogP contribution in [0, 0.1) is 0 Å². The molecular formula is C12H12N2O5S. The first kappa shape index (κ1) is 14.2. The van der Waals surface area contributed by atoms with Crippen molar-refractivity contribution >= 4 is 16.0 Å². The van der Waals surface area contributed by atoms with E-state index in [9.17, 15) is 13.2 Å². The number of hydrogen-bond acceptors (Lipinski definition) is 5. The number of furan rings is 1. The van der Waals surface area contributed by atoms with Gasteiger partial charge < -0.3 is 9.52 Å². The molecule has 7 nitrogen and oxygen atoms in total. The van der Waals surface area contributed by atoms with E-state index in [1.807, 2.05) is 0 Å². The van der Waals surface area contributed by atoms with E-state index >= 15 is 0 Å². The highest BCUT2D eigenvalue weighted by atomic mass is 32.2. The van der Waals surface area contributed by atoms with E-state index < -0.39 is 26.8 Å². The summed E-state index contributed by atoms with van der Waals surface area (Å²) in [6, 6.07) is 5.67. The highest BCUT2D eigenvalue weighted by molar-refractivity contribution is 7.88. The molecule has 8 heteroatoms. The summed E-state index contributed by atoms with van der Waals surface area (Å²) in [6.07, 6.45) is 3.14. The van der Waals surface area contributed by atoms with Crippen molar-refractivity contribution in [3.8, 4) is 0 Å². The highest BCUT2D eigenvalue weighted by Crippen LogP contribution is 2.19. The van der Waals surface area contributed by atoms with Crippen LogP contribution in [0.4, 0.5) is 0 Å². The summed E-state index contributed by atoms with van der Waals surface area (Å²) in [4.78, 5) is 14.6. The average Bonchev–Trinajstić information content (AvgIpc) is 2.90. The smallest absolute Gasteiger partial charge is 0.371 e. The molecule has 0 atom stereocenters. The molecule has 2 aromatic rings. The van der Waals surface area contributed by atoms with Gasteiger partial charge in [0.25, 0.3) is 10.0 Å². The van der Waals surface area contributed by atoms with Crippen LogP contribution in [-0.4, -0.2) is 35.8 Å². The van der Waals surface area contributed by atoms with Gasteiger partial charge in [-0.3, -0.25) is 4.98 Å². The summed E-state index contributed by atoms with van der Waals surface area (Å²) in [6.45, 7) is 0.110. The molecular weight excluding hydrogens is 284 g/mol. The Balaban J connectivity index is 2.23. The number of carbonyl (C=O) groups is 1. The lowest BCUT2D eigenvalue weighted by atomic mass is 10.3. The Bertz CT molecular complexity index is 708. The molecule has 0 unspecified atom stereocenters. The second kappa shape index (κ2) is 5.43. The Morgan fingerprint density at radius 3 is 2.70 bits per heavy atom. The average molecular weight is 296 g/mol. The van der Waals surface area contributed by atoms with Crippen molar-refractivity contribution in [3.63, 3.8) is 0 Å². The van der Waals surface area contributed by atoms with Crippen molar-refractivity contribution in [2.24, 2.45) is 0 Å². The zero-order valence-corrected chi connectivity index (χ0v) is 11.4. The molecule has 0 saturated heterocycles. The lowest BCUT2D eigenvalue weighted by molar-refractivity contribution is 0.0656. The summed E-state index contributed by atoms with van der Waals surface area (Å²) < 4.78 is 30.3. The number of aromatic nitrogens is 1. The zero-order valence-electron chi connectivity index (χ0n) is 10.6. The van der Waals surface area contributed by atoms with Crippen molar-refractivity contribution in [1.29, 1.82) is 0 Å². The molecule has 20 heavy (non-hydrogen) atoms. The molecule has 0 spiro atoms. The van der Waals surface area contributed by atoms with E-state index in [0.717, 1.165) is 16.4 Å². The van der Waals surface area contributed by atoms with E-state index in [-0.39, 0.29) is 6.54 Å². The van der Waals surface area contributed by atoms with Gasteiger partial charge in [-0.1, -0.05) is 6.07 Å². The SMILES string of the molecule is CN(Cc1cccnc1)S(=O)(=O)c1ccc(C(=O)O)o1. The quantitative estimate of drug-likeness (QED) is 0.889. The van der Waals surface area contributed by atoms with Gasteiger partial charge in [0, 0.05) is 26.0 Å². The summed E-state index contributed by atoms with van der Waals surface area (Å²) in [5.74, 6) is -1.74. The molecule has 0 fully saturated rings. The van der Waals surface area contributed by atoms with Crippen molar-refractivity contribution in [1.82, 2.24) is 9.29 Å². The van der Waals surface area contributed by atoms with Gasteiger partial charge in [0.2, 0.25) is 10.9 Å². The Morgan fingerprint density at radius 2 is 2.15 bits per heavy atom. The number of nitrogens with zero attached hydrogens (tertiary/aromatic N) is 2. The highest BCUT2D eigenvalue weighted by Gasteiger charge is 2.26. The molecule has 0 bridgehead atoms. The third-order valence-corrected chi connectivity index (χ3v) is 4.26. The first-order valence-electron chi connectivity index (χ1n) is 5.59. The van der Waals surface area contributed by atoms with Gasteiger partial charge in [-0.2, -0.15) is 4.31 Å². The Morgan fingerprint density at radius 1 is 1.40 bits per heavy atom. The third kappa shape index (κ3) is 2.86. The maximum Gasteiger partial charge on any atom is 0.371 e. The number of sulfonamides is 1. The molecule has 0 radical (unpaired) electrons. The molecule has 0 aliphatic rings. The van der Waals surface area contributed by atoms with E-state index in [1.165, 1.54) is 7.05 Å². The summed E-state index contributed by atoms with van der Waals surface area (Å²) in [7, 11) is -2.49. The first-order chi connectivity index (χ1) is 9.41. The zero-order chi connectivity index (χ0) is 14.8. The fourth-order valence-electron chi connectivity index (χ4n) is 1.56. The number of hydrogen-bond donors (Lipinski definition) is 1.